The van der Waals surface area contributed by atoms with Gasteiger partial charge in [-0.25, -0.2) is 0 Å². The Morgan fingerprint density at radius 2 is 1.59 bits per heavy atom. The van der Waals surface area contributed by atoms with Crippen LogP contribution < -0.4 is 16.8 Å². The Morgan fingerprint density at radius 1 is 0.966 bits per heavy atom. The summed E-state index contributed by atoms with van der Waals surface area (Å²) in [7, 11) is 0. The Morgan fingerprint density at radius 3 is 2.14 bits per heavy atom. The molecular weight excluding hydrogens is 366 g/mol. The maximum atomic E-state index is 12.1. The molecule has 0 spiro atoms. The van der Waals surface area contributed by atoms with Gasteiger partial charge in [0.05, 0.1) is 17.0 Å². The number of rotatable bonds is 8. The number of benzene rings is 2. The van der Waals surface area contributed by atoms with E-state index in [0.29, 0.717) is 11.3 Å². The first kappa shape index (κ1) is 19.6. The van der Waals surface area contributed by atoms with Gasteiger partial charge in [-0.15, -0.1) is 0 Å². The number of aromatic nitrogens is 1. The Balaban J connectivity index is 2.07. The minimum absolute atomic E-state index is 0.0753. The van der Waals surface area contributed by atoms with Gasteiger partial charge in [-0.3, -0.25) is 9.59 Å². The van der Waals surface area contributed by atoms with E-state index < -0.39 is 17.9 Å². The average molecular weight is 387 g/mol. The van der Waals surface area contributed by atoms with Gasteiger partial charge < -0.3 is 27.2 Å². The van der Waals surface area contributed by atoms with Crippen LogP contribution in [0.1, 0.15) is 17.3 Å². The number of primary amides is 2. The van der Waals surface area contributed by atoms with Gasteiger partial charge in [-0.1, -0.05) is 60.7 Å². The van der Waals surface area contributed by atoms with Gasteiger partial charge in [0.15, 0.2) is 0 Å². The zero-order valence-corrected chi connectivity index (χ0v) is 15.6. The summed E-state index contributed by atoms with van der Waals surface area (Å²) < 4.78 is 0. The molecule has 7 heteroatoms. The monoisotopic (exact) mass is 387 g/mol. The third-order valence-electron chi connectivity index (χ3n) is 4.44. The summed E-state index contributed by atoms with van der Waals surface area (Å²) in [6, 6.07) is 19.4. The standard InChI is InChI=1S/C22H21N5O2/c23-12-17(21(24)28)20(27-19(22(25)29)15-9-5-2-6-10-15)18-11-16(13-26-18)14-7-3-1-4-8-14/h1-13,19,23,26-27H,(H2,24,28)(H2,25,29)/b20-17-,23-12?/t19-/m0/s1. The molecular formula is C22H21N5O2. The first-order valence-electron chi connectivity index (χ1n) is 8.91. The molecule has 0 aliphatic carbocycles. The fraction of sp³-hybridized carbons (Fsp3) is 0.0455. The van der Waals surface area contributed by atoms with Crippen LogP contribution in [0.2, 0.25) is 0 Å². The van der Waals surface area contributed by atoms with Gasteiger partial charge in [-0.05, 0) is 22.8 Å². The minimum Gasteiger partial charge on any atom is -0.368 e. The summed E-state index contributed by atoms with van der Waals surface area (Å²) in [5.41, 5.74) is 14.2. The van der Waals surface area contributed by atoms with Crippen molar-refractivity contribution in [3.8, 4) is 11.1 Å². The van der Waals surface area contributed by atoms with Crippen molar-refractivity contribution in [1.29, 1.82) is 5.41 Å². The SMILES string of the molecule is N=C/C(C(N)=O)=C(/N[C@H](C(N)=O)c1ccccc1)c1cc(-c2ccccc2)c[nH]1. The van der Waals surface area contributed by atoms with E-state index in [1.807, 2.05) is 42.5 Å². The van der Waals surface area contributed by atoms with Crippen molar-refractivity contribution in [3.05, 3.63) is 89.8 Å². The molecule has 7 N–H and O–H groups in total. The van der Waals surface area contributed by atoms with Crippen molar-refractivity contribution < 1.29 is 9.59 Å². The van der Waals surface area contributed by atoms with Gasteiger partial charge in [0, 0.05) is 12.4 Å². The fourth-order valence-electron chi connectivity index (χ4n) is 3.01. The van der Waals surface area contributed by atoms with E-state index in [-0.39, 0.29) is 11.3 Å². The lowest BCUT2D eigenvalue weighted by molar-refractivity contribution is -0.120. The second-order valence-corrected chi connectivity index (χ2v) is 6.36. The largest absolute Gasteiger partial charge is 0.368 e. The van der Waals surface area contributed by atoms with Gasteiger partial charge in [0.1, 0.15) is 6.04 Å². The summed E-state index contributed by atoms with van der Waals surface area (Å²) in [5, 5.41) is 10.6. The lowest BCUT2D eigenvalue weighted by Gasteiger charge is -2.20. The van der Waals surface area contributed by atoms with Crippen molar-refractivity contribution in [2.75, 3.05) is 0 Å². The lowest BCUT2D eigenvalue weighted by atomic mass is 10.0. The molecule has 0 aliphatic heterocycles. The Bertz CT molecular complexity index is 1060. The molecule has 1 atom stereocenters. The third kappa shape index (κ3) is 4.41. The molecule has 0 bridgehead atoms. The molecule has 2 aromatic carbocycles. The zero-order valence-electron chi connectivity index (χ0n) is 15.6. The number of nitrogens with one attached hydrogen (secondary N) is 3. The van der Waals surface area contributed by atoms with E-state index in [1.54, 1.807) is 30.5 Å². The van der Waals surface area contributed by atoms with E-state index in [0.717, 1.165) is 17.3 Å². The summed E-state index contributed by atoms with van der Waals surface area (Å²) in [6.45, 7) is 0. The molecule has 2 amide bonds. The number of carbonyl (C=O) groups excluding carboxylic acids is 2. The number of aromatic amines is 1. The van der Waals surface area contributed by atoms with Crippen molar-refractivity contribution >= 4 is 23.7 Å². The van der Waals surface area contributed by atoms with Crippen molar-refractivity contribution in [2.45, 2.75) is 6.04 Å². The molecule has 0 saturated heterocycles. The second kappa shape index (κ2) is 8.71. The number of hydrogen-bond acceptors (Lipinski definition) is 4. The summed E-state index contributed by atoms with van der Waals surface area (Å²) in [6.07, 6.45) is 2.63. The van der Waals surface area contributed by atoms with Crippen LogP contribution in [0.3, 0.4) is 0 Å². The molecule has 29 heavy (non-hydrogen) atoms. The summed E-state index contributed by atoms with van der Waals surface area (Å²) >= 11 is 0. The van der Waals surface area contributed by atoms with Crippen LogP contribution in [0.4, 0.5) is 0 Å². The van der Waals surface area contributed by atoms with Gasteiger partial charge in [-0.2, -0.15) is 0 Å². The van der Waals surface area contributed by atoms with E-state index in [4.69, 9.17) is 16.9 Å². The van der Waals surface area contributed by atoms with Crippen LogP contribution in [0, 0.1) is 5.41 Å². The summed E-state index contributed by atoms with van der Waals surface area (Å²) in [5.74, 6) is -1.42. The number of hydrogen-bond donors (Lipinski definition) is 5. The minimum atomic E-state index is -0.913. The molecule has 3 aromatic rings. The molecule has 0 aliphatic rings. The highest BCUT2D eigenvalue weighted by molar-refractivity contribution is 6.16. The predicted octanol–water partition coefficient (Wildman–Crippen LogP) is 2.34. The van der Waals surface area contributed by atoms with Gasteiger partial charge in [0.25, 0.3) is 5.91 Å². The lowest BCUT2D eigenvalue weighted by Crippen LogP contribution is -2.34. The number of H-pyrrole nitrogens is 1. The third-order valence-corrected chi connectivity index (χ3v) is 4.44. The highest BCUT2D eigenvalue weighted by atomic mass is 16.1. The zero-order chi connectivity index (χ0) is 20.8. The van der Waals surface area contributed by atoms with Crippen LogP contribution in [0.15, 0.2) is 78.5 Å². The first-order valence-corrected chi connectivity index (χ1v) is 8.91. The van der Waals surface area contributed by atoms with E-state index in [1.165, 1.54) is 0 Å². The highest BCUT2D eigenvalue weighted by Crippen LogP contribution is 2.26. The highest BCUT2D eigenvalue weighted by Gasteiger charge is 2.23. The van der Waals surface area contributed by atoms with Crippen molar-refractivity contribution in [1.82, 2.24) is 10.3 Å². The van der Waals surface area contributed by atoms with Crippen molar-refractivity contribution in [3.63, 3.8) is 0 Å². The molecule has 7 nitrogen and oxygen atoms in total. The first-order chi connectivity index (χ1) is 14.0. The van der Waals surface area contributed by atoms with E-state index in [2.05, 4.69) is 10.3 Å². The van der Waals surface area contributed by atoms with Crippen LogP contribution >= 0.6 is 0 Å². The number of amides is 2. The Hall–Kier alpha value is -4.13. The van der Waals surface area contributed by atoms with Crippen LogP contribution in [0.5, 0.6) is 0 Å². The molecule has 0 fully saturated rings. The molecule has 0 radical (unpaired) electrons. The maximum absolute atomic E-state index is 12.1. The molecule has 1 aromatic heterocycles. The second-order valence-electron chi connectivity index (χ2n) is 6.36. The van der Waals surface area contributed by atoms with Crippen LogP contribution in [0.25, 0.3) is 16.8 Å². The molecule has 0 unspecified atom stereocenters. The van der Waals surface area contributed by atoms with Crippen molar-refractivity contribution in [2.24, 2.45) is 11.5 Å². The Labute approximate surface area is 167 Å². The molecule has 0 saturated carbocycles. The number of carbonyl (C=O) groups is 2. The quantitative estimate of drug-likeness (QED) is 0.299. The predicted molar refractivity (Wildman–Crippen MR) is 113 cm³/mol. The normalized spacial score (nSPS) is 12.6. The average Bonchev–Trinajstić information content (AvgIpc) is 3.22. The Kier molecular flexibility index (Phi) is 5.89. The molecule has 146 valence electrons. The summed E-state index contributed by atoms with van der Waals surface area (Å²) in [4.78, 5) is 27.2. The topological polar surface area (TPSA) is 138 Å². The van der Waals surface area contributed by atoms with E-state index in [9.17, 15) is 9.59 Å². The number of nitrogens with two attached hydrogens (primary N) is 2. The van der Waals surface area contributed by atoms with Crippen LogP contribution in [-0.4, -0.2) is 23.0 Å². The molecule has 3 rings (SSSR count). The van der Waals surface area contributed by atoms with Gasteiger partial charge in [0.2, 0.25) is 5.91 Å². The smallest absolute Gasteiger partial charge is 0.252 e. The van der Waals surface area contributed by atoms with Gasteiger partial charge >= 0.3 is 0 Å². The van der Waals surface area contributed by atoms with E-state index >= 15 is 0 Å². The maximum Gasteiger partial charge on any atom is 0.252 e. The fourth-order valence-corrected chi connectivity index (χ4v) is 3.01. The molecule has 1 heterocycles. The van der Waals surface area contributed by atoms with Crippen LogP contribution in [-0.2, 0) is 9.59 Å².